The van der Waals surface area contributed by atoms with Crippen LogP contribution in [-0.2, 0) is 4.74 Å². The lowest BCUT2D eigenvalue weighted by Gasteiger charge is -2.08. The molecule has 0 saturated carbocycles. The number of carbonyl (C=O) groups is 2. The zero-order chi connectivity index (χ0) is 14.7. The van der Waals surface area contributed by atoms with E-state index in [0.29, 0.717) is 17.4 Å². The lowest BCUT2D eigenvalue weighted by Crippen LogP contribution is -2.00. The molecule has 0 bridgehead atoms. The Kier molecular flexibility index (Phi) is 3.84. The number of aromatic hydroxyl groups is 1. The van der Waals surface area contributed by atoms with E-state index >= 15 is 0 Å². The van der Waals surface area contributed by atoms with Crippen molar-refractivity contribution in [3.8, 4) is 16.9 Å². The fourth-order valence-corrected chi connectivity index (χ4v) is 2.01. The zero-order valence-electron chi connectivity index (χ0n) is 11.2. The Balaban J connectivity index is 2.54. The fourth-order valence-electron chi connectivity index (χ4n) is 2.01. The maximum Gasteiger partial charge on any atom is 0.337 e. The van der Waals surface area contributed by atoms with Crippen molar-refractivity contribution < 1.29 is 19.4 Å². The van der Waals surface area contributed by atoms with Gasteiger partial charge >= 0.3 is 5.97 Å². The van der Waals surface area contributed by atoms with E-state index in [9.17, 15) is 14.7 Å². The average Bonchev–Trinajstić information content (AvgIpc) is 2.49. The molecule has 0 spiro atoms. The number of benzene rings is 2. The first-order valence-electron chi connectivity index (χ1n) is 6.04. The van der Waals surface area contributed by atoms with Crippen molar-refractivity contribution in [3.63, 3.8) is 0 Å². The van der Waals surface area contributed by atoms with Crippen molar-refractivity contribution in [1.29, 1.82) is 0 Å². The molecule has 0 radical (unpaired) electrons. The molecule has 0 atom stereocenters. The largest absolute Gasteiger partial charge is 0.507 e. The minimum Gasteiger partial charge on any atom is -0.507 e. The first-order chi connectivity index (χ1) is 9.56. The Hall–Kier alpha value is -2.62. The van der Waals surface area contributed by atoms with Gasteiger partial charge in [-0.15, -0.1) is 0 Å². The summed E-state index contributed by atoms with van der Waals surface area (Å²) in [4.78, 5) is 22.5. The van der Waals surface area contributed by atoms with Crippen LogP contribution in [0.5, 0.6) is 5.75 Å². The number of esters is 1. The van der Waals surface area contributed by atoms with Crippen molar-refractivity contribution >= 4 is 12.3 Å². The summed E-state index contributed by atoms with van der Waals surface area (Å²) in [5.74, 6) is -0.439. The molecule has 4 heteroatoms. The quantitative estimate of drug-likeness (QED) is 0.688. The van der Waals surface area contributed by atoms with Gasteiger partial charge in [0.2, 0.25) is 0 Å². The van der Waals surface area contributed by atoms with Crippen LogP contribution in [0.1, 0.15) is 26.3 Å². The maximum absolute atomic E-state index is 11.5. The van der Waals surface area contributed by atoms with Crippen molar-refractivity contribution in [3.05, 3.63) is 53.1 Å². The highest BCUT2D eigenvalue weighted by molar-refractivity contribution is 5.91. The van der Waals surface area contributed by atoms with Crippen LogP contribution in [0.3, 0.4) is 0 Å². The van der Waals surface area contributed by atoms with Gasteiger partial charge in [0.1, 0.15) is 5.75 Å². The molecular formula is C16H14O4. The van der Waals surface area contributed by atoms with E-state index in [1.807, 2.05) is 6.07 Å². The smallest absolute Gasteiger partial charge is 0.337 e. The molecule has 2 aromatic rings. The van der Waals surface area contributed by atoms with Gasteiger partial charge in [-0.3, -0.25) is 4.79 Å². The molecule has 0 amide bonds. The Morgan fingerprint density at radius 1 is 1.20 bits per heavy atom. The highest BCUT2D eigenvalue weighted by Gasteiger charge is 2.10. The second-order valence-corrected chi connectivity index (χ2v) is 4.42. The number of carbonyl (C=O) groups excluding carboxylic acids is 2. The molecule has 102 valence electrons. The first-order valence-corrected chi connectivity index (χ1v) is 6.04. The summed E-state index contributed by atoms with van der Waals surface area (Å²) in [5.41, 5.74) is 2.80. The molecular weight excluding hydrogens is 256 g/mol. The molecule has 2 rings (SSSR count). The van der Waals surface area contributed by atoms with Gasteiger partial charge < -0.3 is 9.84 Å². The van der Waals surface area contributed by atoms with Crippen LogP contribution in [0.25, 0.3) is 11.1 Å². The van der Waals surface area contributed by atoms with Crippen LogP contribution in [0.4, 0.5) is 0 Å². The summed E-state index contributed by atoms with van der Waals surface area (Å²) < 4.78 is 4.68. The van der Waals surface area contributed by atoms with E-state index in [2.05, 4.69) is 4.74 Å². The van der Waals surface area contributed by atoms with Crippen LogP contribution in [0.15, 0.2) is 36.4 Å². The van der Waals surface area contributed by atoms with Gasteiger partial charge in [-0.25, -0.2) is 4.79 Å². The summed E-state index contributed by atoms with van der Waals surface area (Å²) in [7, 11) is 1.32. The molecule has 2 aromatic carbocycles. The Labute approximate surface area is 116 Å². The van der Waals surface area contributed by atoms with Crippen LogP contribution >= 0.6 is 0 Å². The number of methoxy groups -OCH3 is 1. The lowest BCUT2D eigenvalue weighted by molar-refractivity contribution is 0.0600. The number of aryl methyl sites for hydroxylation is 1. The van der Waals surface area contributed by atoms with Crippen LogP contribution in [0.2, 0.25) is 0 Å². The van der Waals surface area contributed by atoms with E-state index in [4.69, 9.17) is 0 Å². The van der Waals surface area contributed by atoms with Gasteiger partial charge in [-0.1, -0.05) is 12.1 Å². The van der Waals surface area contributed by atoms with Crippen LogP contribution in [-0.4, -0.2) is 24.5 Å². The third-order valence-electron chi connectivity index (χ3n) is 3.07. The van der Waals surface area contributed by atoms with Gasteiger partial charge in [0, 0.05) is 0 Å². The minimum absolute atomic E-state index is 0.0205. The van der Waals surface area contributed by atoms with Crippen molar-refractivity contribution in [1.82, 2.24) is 0 Å². The zero-order valence-corrected chi connectivity index (χ0v) is 11.2. The normalized spacial score (nSPS) is 10.1. The SMILES string of the molecule is COC(=O)c1cccc(-c2cc(C)c(O)c(C=O)c2)c1. The Bertz CT molecular complexity index is 674. The van der Waals surface area contributed by atoms with Gasteiger partial charge in [0.05, 0.1) is 18.2 Å². The van der Waals surface area contributed by atoms with E-state index in [1.54, 1.807) is 37.3 Å². The standard InChI is InChI=1S/C16H14O4/c1-10-6-13(8-14(9-17)15(10)18)11-4-3-5-12(7-11)16(19)20-2/h3-9,18H,1-2H3. The lowest BCUT2D eigenvalue weighted by atomic mass is 9.98. The van der Waals surface area contributed by atoms with E-state index in [0.717, 1.165) is 11.1 Å². The molecule has 0 fully saturated rings. The van der Waals surface area contributed by atoms with E-state index in [-0.39, 0.29) is 11.3 Å². The topological polar surface area (TPSA) is 63.6 Å². The molecule has 0 aromatic heterocycles. The molecule has 0 aliphatic heterocycles. The summed E-state index contributed by atoms with van der Waals surface area (Å²) in [5, 5.41) is 9.74. The number of aldehydes is 1. The predicted octanol–water partition coefficient (Wildman–Crippen LogP) is 2.97. The first kappa shape index (κ1) is 13.8. The fraction of sp³-hybridized carbons (Fsp3) is 0.125. The van der Waals surface area contributed by atoms with Gasteiger partial charge in [-0.05, 0) is 47.9 Å². The highest BCUT2D eigenvalue weighted by atomic mass is 16.5. The summed E-state index contributed by atoms with van der Waals surface area (Å²) in [6.45, 7) is 1.72. The molecule has 0 saturated heterocycles. The third kappa shape index (κ3) is 2.54. The van der Waals surface area contributed by atoms with Gasteiger partial charge in [-0.2, -0.15) is 0 Å². The summed E-state index contributed by atoms with van der Waals surface area (Å²) in [6, 6.07) is 10.3. The highest BCUT2D eigenvalue weighted by Crippen LogP contribution is 2.29. The van der Waals surface area contributed by atoms with Gasteiger partial charge in [0.25, 0.3) is 0 Å². The molecule has 1 N–H and O–H groups in total. The van der Waals surface area contributed by atoms with E-state index < -0.39 is 5.97 Å². The van der Waals surface area contributed by atoms with Crippen molar-refractivity contribution in [2.24, 2.45) is 0 Å². The molecule has 4 nitrogen and oxygen atoms in total. The van der Waals surface area contributed by atoms with Gasteiger partial charge in [0.15, 0.2) is 6.29 Å². The van der Waals surface area contributed by atoms with Crippen molar-refractivity contribution in [2.75, 3.05) is 7.11 Å². The molecule has 20 heavy (non-hydrogen) atoms. The van der Waals surface area contributed by atoms with E-state index in [1.165, 1.54) is 7.11 Å². The van der Waals surface area contributed by atoms with Crippen LogP contribution in [0, 0.1) is 6.92 Å². The number of phenols is 1. The second kappa shape index (κ2) is 5.57. The average molecular weight is 270 g/mol. The molecule has 0 aliphatic rings. The summed E-state index contributed by atoms with van der Waals surface area (Å²) >= 11 is 0. The number of rotatable bonds is 3. The Morgan fingerprint density at radius 3 is 2.60 bits per heavy atom. The second-order valence-electron chi connectivity index (χ2n) is 4.42. The number of hydrogen-bond donors (Lipinski definition) is 1. The third-order valence-corrected chi connectivity index (χ3v) is 3.07. The monoisotopic (exact) mass is 270 g/mol. The molecule has 0 unspecified atom stereocenters. The molecule has 0 aliphatic carbocycles. The maximum atomic E-state index is 11.5. The Morgan fingerprint density at radius 2 is 1.95 bits per heavy atom. The summed E-state index contributed by atoms with van der Waals surface area (Å²) in [6.07, 6.45) is 0.607. The van der Waals surface area contributed by atoms with Crippen LogP contribution < -0.4 is 0 Å². The number of phenolic OH excluding ortho intramolecular Hbond substituents is 1. The minimum atomic E-state index is -0.419. The molecule has 0 heterocycles. The number of hydrogen-bond acceptors (Lipinski definition) is 4. The number of ether oxygens (including phenoxy) is 1. The van der Waals surface area contributed by atoms with Crippen molar-refractivity contribution in [2.45, 2.75) is 6.92 Å². The predicted molar refractivity (Wildman–Crippen MR) is 75.0 cm³/mol.